The Morgan fingerprint density at radius 2 is 1.91 bits per heavy atom. The van der Waals surface area contributed by atoms with E-state index in [0.717, 1.165) is 40.6 Å². The minimum absolute atomic E-state index is 0.00290. The molecule has 1 saturated heterocycles. The maximum Gasteiger partial charge on any atom is 0.258 e. The number of anilines is 2. The van der Waals surface area contributed by atoms with Crippen LogP contribution in [0.25, 0.3) is 10.8 Å². The highest BCUT2D eigenvalue weighted by Gasteiger charge is 2.34. The van der Waals surface area contributed by atoms with Crippen LogP contribution in [0.5, 0.6) is 0 Å². The van der Waals surface area contributed by atoms with Gasteiger partial charge >= 0.3 is 0 Å². The number of hydrogen-bond acceptors (Lipinski definition) is 5. The summed E-state index contributed by atoms with van der Waals surface area (Å²) in [5, 5.41) is 4.77. The van der Waals surface area contributed by atoms with Crippen LogP contribution in [0.3, 0.4) is 0 Å². The van der Waals surface area contributed by atoms with E-state index in [2.05, 4.69) is 12.2 Å². The van der Waals surface area contributed by atoms with Gasteiger partial charge in [0, 0.05) is 47.6 Å². The Bertz CT molecular complexity index is 1410. The number of piperidine rings is 1. The van der Waals surface area contributed by atoms with E-state index in [1.807, 2.05) is 35.2 Å². The number of rotatable bonds is 7. The van der Waals surface area contributed by atoms with Crippen molar-refractivity contribution in [3.63, 3.8) is 0 Å². The second-order valence-electron chi connectivity index (χ2n) is 8.90. The van der Waals surface area contributed by atoms with Crippen molar-refractivity contribution in [3.8, 4) is 0 Å². The molecule has 0 unspecified atom stereocenters. The molecule has 2 aromatic carbocycles. The van der Waals surface area contributed by atoms with Gasteiger partial charge in [0.05, 0.1) is 10.0 Å². The molecule has 2 aliphatic heterocycles. The first kappa shape index (κ1) is 24.2. The van der Waals surface area contributed by atoms with Crippen LogP contribution in [-0.2, 0) is 14.8 Å². The van der Waals surface area contributed by atoms with Crippen molar-refractivity contribution in [1.82, 2.24) is 4.31 Å². The molecular formula is C25H26ClN3O4S2. The number of benzene rings is 2. The molecule has 2 aliphatic rings. The first-order chi connectivity index (χ1) is 16.8. The van der Waals surface area contributed by atoms with Crippen molar-refractivity contribution < 1.29 is 18.0 Å². The maximum absolute atomic E-state index is 13.1. The van der Waals surface area contributed by atoms with Gasteiger partial charge in [0.25, 0.3) is 15.9 Å². The zero-order valence-corrected chi connectivity index (χ0v) is 21.7. The molecule has 3 aromatic rings. The average Bonchev–Trinajstić information content (AvgIpc) is 3.42. The molecule has 0 radical (unpaired) electrons. The summed E-state index contributed by atoms with van der Waals surface area (Å²) < 4.78 is 27.8. The van der Waals surface area contributed by atoms with Crippen LogP contribution in [0.2, 0.25) is 4.34 Å². The Labute approximate surface area is 213 Å². The highest BCUT2D eigenvalue weighted by Crippen LogP contribution is 2.41. The summed E-state index contributed by atoms with van der Waals surface area (Å²) in [6, 6.07) is 12.5. The van der Waals surface area contributed by atoms with Crippen LogP contribution >= 0.6 is 22.9 Å². The van der Waals surface area contributed by atoms with Crippen LogP contribution in [0.4, 0.5) is 11.4 Å². The summed E-state index contributed by atoms with van der Waals surface area (Å²) in [4.78, 5) is 27.9. The first-order valence-corrected chi connectivity index (χ1v) is 14.4. The highest BCUT2D eigenvalue weighted by molar-refractivity contribution is 7.91. The van der Waals surface area contributed by atoms with E-state index < -0.39 is 10.0 Å². The molecule has 10 heteroatoms. The van der Waals surface area contributed by atoms with Gasteiger partial charge in [0.15, 0.2) is 0 Å². The Morgan fingerprint density at radius 3 is 2.60 bits per heavy atom. The summed E-state index contributed by atoms with van der Waals surface area (Å²) in [5.41, 5.74) is 2.22. The SMILES string of the molecule is CCCCN1C(=O)c2cccc3c(NC(=O)C4CCN(S(=O)(=O)c5ccc(Cl)s5)CC4)ccc1c23. The molecule has 35 heavy (non-hydrogen) atoms. The van der Waals surface area contributed by atoms with Crippen molar-refractivity contribution in [3.05, 3.63) is 52.4 Å². The Hall–Kier alpha value is -2.46. The van der Waals surface area contributed by atoms with Crippen molar-refractivity contribution in [1.29, 1.82) is 0 Å². The van der Waals surface area contributed by atoms with Crippen LogP contribution in [0.1, 0.15) is 43.0 Å². The number of amides is 2. The van der Waals surface area contributed by atoms with Crippen LogP contribution in [0.15, 0.2) is 46.7 Å². The molecule has 0 bridgehead atoms. The monoisotopic (exact) mass is 531 g/mol. The fourth-order valence-corrected chi connectivity index (χ4v) is 7.96. The van der Waals surface area contributed by atoms with Crippen LogP contribution < -0.4 is 10.2 Å². The summed E-state index contributed by atoms with van der Waals surface area (Å²) in [7, 11) is -3.60. The number of halogens is 1. The number of nitrogens with zero attached hydrogens (tertiary/aromatic N) is 2. The van der Waals surface area contributed by atoms with E-state index >= 15 is 0 Å². The topological polar surface area (TPSA) is 86.8 Å². The van der Waals surface area contributed by atoms with Gasteiger partial charge < -0.3 is 10.2 Å². The molecular weight excluding hydrogens is 506 g/mol. The Kier molecular flexibility index (Phi) is 6.61. The lowest BCUT2D eigenvalue weighted by atomic mass is 9.96. The molecule has 0 aliphatic carbocycles. The second kappa shape index (κ2) is 9.54. The zero-order valence-electron chi connectivity index (χ0n) is 19.3. The third-order valence-corrected chi connectivity index (χ3v) is 10.3. The molecule has 1 N–H and O–H groups in total. The molecule has 0 spiro atoms. The second-order valence-corrected chi connectivity index (χ2v) is 12.8. The number of sulfonamides is 1. The fraction of sp³-hybridized carbons (Fsp3) is 0.360. The molecule has 0 saturated carbocycles. The molecule has 7 nitrogen and oxygen atoms in total. The molecule has 3 heterocycles. The summed E-state index contributed by atoms with van der Waals surface area (Å²) in [5.74, 6) is -0.420. The normalized spacial score (nSPS) is 16.9. The van der Waals surface area contributed by atoms with Gasteiger partial charge in [-0.2, -0.15) is 4.31 Å². The van der Waals surface area contributed by atoms with E-state index in [1.54, 1.807) is 6.07 Å². The van der Waals surface area contributed by atoms with Gasteiger partial charge in [0.2, 0.25) is 5.91 Å². The van der Waals surface area contributed by atoms with Gasteiger partial charge in [-0.1, -0.05) is 37.1 Å². The Balaban J connectivity index is 1.31. The predicted molar refractivity (Wildman–Crippen MR) is 140 cm³/mol. The smallest absolute Gasteiger partial charge is 0.258 e. The number of nitrogens with one attached hydrogen (secondary N) is 1. The van der Waals surface area contributed by atoms with Crippen molar-refractivity contribution in [2.45, 2.75) is 36.8 Å². The lowest BCUT2D eigenvalue weighted by molar-refractivity contribution is -0.120. The summed E-state index contributed by atoms with van der Waals surface area (Å²) >= 11 is 6.95. The van der Waals surface area contributed by atoms with Gasteiger partial charge in [-0.25, -0.2) is 8.42 Å². The van der Waals surface area contributed by atoms with E-state index in [4.69, 9.17) is 11.6 Å². The van der Waals surface area contributed by atoms with Crippen LogP contribution in [0, 0.1) is 5.92 Å². The lowest BCUT2D eigenvalue weighted by Crippen LogP contribution is -2.41. The molecule has 0 atom stereocenters. The van der Waals surface area contributed by atoms with E-state index in [9.17, 15) is 18.0 Å². The fourth-order valence-electron chi connectivity index (χ4n) is 4.85. The zero-order chi connectivity index (χ0) is 24.7. The lowest BCUT2D eigenvalue weighted by Gasteiger charge is -2.30. The number of thiophene rings is 1. The Morgan fingerprint density at radius 1 is 1.14 bits per heavy atom. The maximum atomic E-state index is 13.1. The van der Waals surface area contributed by atoms with Gasteiger partial charge in [-0.15, -0.1) is 11.3 Å². The predicted octanol–water partition coefficient (Wildman–Crippen LogP) is 5.35. The van der Waals surface area contributed by atoms with Crippen molar-refractivity contribution in [2.75, 3.05) is 29.9 Å². The summed E-state index contributed by atoms with van der Waals surface area (Å²) in [6.45, 7) is 3.32. The standard InChI is InChI=1S/C25H26ClN3O4S2/c1-2-3-13-29-20-8-7-19(17-5-4-6-18(23(17)20)25(29)31)27-24(30)16-11-14-28(15-12-16)35(32,33)22-10-9-21(26)34-22/h4-10,16H,2-3,11-15H2,1H3,(H,27,30). The highest BCUT2D eigenvalue weighted by atomic mass is 35.5. The van der Waals surface area contributed by atoms with E-state index in [-0.39, 0.29) is 35.0 Å². The largest absolute Gasteiger partial charge is 0.325 e. The third kappa shape index (κ3) is 4.35. The molecule has 2 amide bonds. The molecule has 5 rings (SSSR count). The van der Waals surface area contributed by atoms with Gasteiger partial charge in [-0.3, -0.25) is 9.59 Å². The third-order valence-electron chi connectivity index (χ3n) is 6.75. The molecule has 1 aromatic heterocycles. The summed E-state index contributed by atoms with van der Waals surface area (Å²) in [6.07, 6.45) is 2.80. The number of carbonyl (C=O) groups is 2. The van der Waals surface area contributed by atoms with Gasteiger partial charge in [-0.05, 0) is 49.6 Å². The molecule has 1 fully saturated rings. The number of carbonyl (C=O) groups excluding carboxylic acids is 2. The van der Waals surface area contributed by atoms with E-state index in [0.29, 0.717) is 35.0 Å². The number of unbranched alkanes of at least 4 members (excludes halogenated alkanes) is 1. The minimum Gasteiger partial charge on any atom is -0.325 e. The van der Waals surface area contributed by atoms with Crippen LogP contribution in [-0.4, -0.2) is 44.2 Å². The molecule has 184 valence electrons. The van der Waals surface area contributed by atoms with E-state index in [1.165, 1.54) is 10.4 Å². The number of hydrogen-bond donors (Lipinski definition) is 1. The van der Waals surface area contributed by atoms with Gasteiger partial charge in [0.1, 0.15) is 4.21 Å². The van der Waals surface area contributed by atoms with Crippen molar-refractivity contribution >= 4 is 66.9 Å². The quantitative estimate of drug-likeness (QED) is 0.445. The minimum atomic E-state index is -3.60. The van der Waals surface area contributed by atoms with Crippen molar-refractivity contribution in [2.24, 2.45) is 5.92 Å². The average molecular weight is 532 g/mol. The first-order valence-electron chi connectivity index (χ1n) is 11.7.